The molecule has 6 nitrogen and oxygen atoms in total. The third kappa shape index (κ3) is 4.86. The van der Waals surface area contributed by atoms with Gasteiger partial charge in [-0.05, 0) is 86.0 Å². The average molecular weight is 466 g/mol. The summed E-state index contributed by atoms with van der Waals surface area (Å²) in [6.45, 7) is 6.38. The Bertz CT molecular complexity index is 933. The number of rotatable bonds is 5. The van der Waals surface area contributed by atoms with E-state index in [4.69, 9.17) is 5.26 Å². The Balaban J connectivity index is 1.44. The highest BCUT2D eigenvalue weighted by atomic mass is 16.3. The second-order valence-electron chi connectivity index (χ2n) is 11.3. The van der Waals surface area contributed by atoms with Crippen LogP contribution in [0, 0.1) is 40.4 Å². The second-order valence-corrected chi connectivity index (χ2v) is 11.3. The summed E-state index contributed by atoms with van der Waals surface area (Å²) in [5.74, 6) is -0.211. The molecule has 0 aliphatic heterocycles. The summed E-state index contributed by atoms with van der Waals surface area (Å²) in [6, 6.07) is 9.01. The molecule has 2 amide bonds. The van der Waals surface area contributed by atoms with Crippen molar-refractivity contribution in [1.82, 2.24) is 10.6 Å². The van der Waals surface area contributed by atoms with E-state index in [1.54, 1.807) is 24.3 Å². The lowest BCUT2D eigenvalue weighted by molar-refractivity contribution is -0.142. The van der Waals surface area contributed by atoms with Gasteiger partial charge in [0, 0.05) is 23.6 Å². The van der Waals surface area contributed by atoms with E-state index in [1.165, 1.54) is 12.8 Å². The van der Waals surface area contributed by atoms with Crippen molar-refractivity contribution in [3.8, 4) is 6.07 Å². The van der Waals surface area contributed by atoms with Crippen molar-refractivity contribution in [3.63, 3.8) is 0 Å². The second kappa shape index (κ2) is 10.1. The number of nitrogens with one attached hydrogen (secondary N) is 2. The zero-order valence-electron chi connectivity index (χ0n) is 20.7. The van der Waals surface area contributed by atoms with Gasteiger partial charge in [0.1, 0.15) is 0 Å². The number of nitrogens with zero attached hydrogens (tertiary/aromatic N) is 1. The van der Waals surface area contributed by atoms with Gasteiger partial charge in [-0.25, -0.2) is 0 Å². The van der Waals surface area contributed by atoms with Crippen LogP contribution in [0.15, 0.2) is 24.3 Å². The Kier molecular flexibility index (Phi) is 7.33. The molecule has 34 heavy (non-hydrogen) atoms. The first-order chi connectivity index (χ1) is 16.2. The lowest BCUT2D eigenvalue weighted by Gasteiger charge is -2.56. The summed E-state index contributed by atoms with van der Waals surface area (Å²) in [7, 11) is 0. The van der Waals surface area contributed by atoms with Crippen LogP contribution in [-0.2, 0) is 4.79 Å². The van der Waals surface area contributed by atoms with Crippen molar-refractivity contribution in [1.29, 1.82) is 5.26 Å². The smallest absolute Gasteiger partial charge is 0.251 e. The highest BCUT2D eigenvalue weighted by Crippen LogP contribution is 2.55. The Labute approximate surface area is 203 Å². The minimum absolute atomic E-state index is 0.0205. The first-order valence-corrected chi connectivity index (χ1v) is 13.0. The number of benzene rings is 1. The molecule has 0 aromatic heterocycles. The normalized spacial score (nSPS) is 34.5. The maximum Gasteiger partial charge on any atom is 0.251 e. The van der Waals surface area contributed by atoms with E-state index in [0.29, 0.717) is 11.1 Å². The SMILES string of the molecule is CC(C(=O)NC1CCCC1)C1CCC2(C)CCC(NC(=O)c3ccc(C#N)cc3)C(C)C2C1O. The highest BCUT2D eigenvalue weighted by molar-refractivity contribution is 5.94. The molecule has 0 saturated heterocycles. The minimum atomic E-state index is -0.562. The van der Waals surface area contributed by atoms with Gasteiger partial charge < -0.3 is 15.7 Å². The molecule has 0 bridgehead atoms. The summed E-state index contributed by atoms with van der Waals surface area (Å²) < 4.78 is 0. The Morgan fingerprint density at radius 1 is 1.09 bits per heavy atom. The fourth-order valence-electron chi connectivity index (χ4n) is 7.04. The van der Waals surface area contributed by atoms with E-state index in [0.717, 1.165) is 38.5 Å². The molecule has 0 heterocycles. The summed E-state index contributed by atoms with van der Waals surface area (Å²) in [5, 5.41) is 27.0. The zero-order valence-corrected chi connectivity index (χ0v) is 20.7. The molecule has 0 spiro atoms. The Hall–Kier alpha value is -2.39. The monoisotopic (exact) mass is 465 g/mol. The van der Waals surface area contributed by atoms with Crippen molar-refractivity contribution in [2.45, 2.75) is 90.3 Å². The maximum absolute atomic E-state index is 13.0. The van der Waals surface area contributed by atoms with Gasteiger partial charge in [0.05, 0.1) is 17.7 Å². The van der Waals surface area contributed by atoms with Crippen LogP contribution in [0.25, 0.3) is 0 Å². The van der Waals surface area contributed by atoms with E-state index in [2.05, 4.69) is 30.6 Å². The highest BCUT2D eigenvalue weighted by Gasteiger charge is 2.54. The molecule has 3 saturated carbocycles. The molecule has 0 radical (unpaired) electrons. The van der Waals surface area contributed by atoms with Crippen LogP contribution in [0.3, 0.4) is 0 Å². The molecule has 184 valence electrons. The molecule has 3 fully saturated rings. The average Bonchev–Trinajstić information content (AvgIpc) is 3.33. The van der Waals surface area contributed by atoms with Gasteiger partial charge in [-0.1, -0.05) is 33.6 Å². The lowest BCUT2D eigenvalue weighted by Crippen LogP contribution is -2.58. The Morgan fingerprint density at radius 2 is 1.74 bits per heavy atom. The molecule has 7 unspecified atom stereocenters. The van der Waals surface area contributed by atoms with Crippen molar-refractivity contribution in [2.24, 2.45) is 29.1 Å². The third-order valence-electron chi connectivity index (χ3n) is 9.24. The number of carbonyl (C=O) groups is 2. The largest absolute Gasteiger partial charge is 0.392 e. The standard InChI is InChI=1S/C28H39N3O3/c1-17(26(33)30-21-6-4-5-7-21)22-12-14-28(3)15-13-23(18(2)24(28)25(22)32)31-27(34)20-10-8-19(16-29)9-11-20/h8-11,17-18,21-25,32H,4-7,12-15H2,1-3H3,(H,30,33)(H,31,34). The number of hydrogen-bond donors (Lipinski definition) is 3. The molecule has 3 aliphatic rings. The van der Waals surface area contributed by atoms with Crippen molar-refractivity contribution in [3.05, 3.63) is 35.4 Å². The van der Waals surface area contributed by atoms with Gasteiger partial charge in [0.25, 0.3) is 5.91 Å². The topological polar surface area (TPSA) is 102 Å². The van der Waals surface area contributed by atoms with Gasteiger partial charge >= 0.3 is 0 Å². The van der Waals surface area contributed by atoms with Crippen molar-refractivity contribution < 1.29 is 14.7 Å². The summed E-state index contributed by atoms with van der Waals surface area (Å²) in [5.41, 5.74) is 1.09. The first kappa shape index (κ1) is 24.7. The number of aliphatic hydroxyl groups is 1. The molecule has 1 aromatic rings. The van der Waals surface area contributed by atoms with Crippen molar-refractivity contribution >= 4 is 11.8 Å². The number of carbonyl (C=O) groups excluding carboxylic acids is 2. The van der Waals surface area contributed by atoms with Crippen LogP contribution in [0.4, 0.5) is 0 Å². The number of aliphatic hydroxyl groups excluding tert-OH is 1. The molecule has 1 aromatic carbocycles. The van der Waals surface area contributed by atoms with Crippen molar-refractivity contribution in [2.75, 3.05) is 0 Å². The van der Waals surface area contributed by atoms with Crippen LogP contribution in [0.1, 0.15) is 88.1 Å². The number of hydrogen-bond acceptors (Lipinski definition) is 4. The maximum atomic E-state index is 13.0. The summed E-state index contributed by atoms with van der Waals surface area (Å²) in [4.78, 5) is 25.9. The lowest BCUT2D eigenvalue weighted by atomic mass is 9.51. The van der Waals surface area contributed by atoms with E-state index >= 15 is 0 Å². The molecule has 7 atom stereocenters. The van der Waals surface area contributed by atoms with Gasteiger partial charge in [-0.15, -0.1) is 0 Å². The molecular weight excluding hydrogens is 426 g/mol. The van der Waals surface area contributed by atoms with Gasteiger partial charge in [0.15, 0.2) is 0 Å². The van der Waals surface area contributed by atoms with E-state index in [1.807, 2.05) is 6.92 Å². The fraction of sp³-hybridized carbons (Fsp3) is 0.679. The Morgan fingerprint density at radius 3 is 2.38 bits per heavy atom. The molecule has 4 rings (SSSR count). The van der Waals surface area contributed by atoms with Crippen LogP contribution in [0.2, 0.25) is 0 Å². The zero-order chi connectivity index (χ0) is 24.5. The third-order valence-corrected chi connectivity index (χ3v) is 9.24. The molecule has 6 heteroatoms. The molecule has 3 aliphatic carbocycles. The van der Waals surface area contributed by atoms with E-state index in [-0.39, 0.29) is 53.0 Å². The van der Waals surface area contributed by atoms with Crippen LogP contribution in [0.5, 0.6) is 0 Å². The number of amides is 2. The fourth-order valence-corrected chi connectivity index (χ4v) is 7.04. The quantitative estimate of drug-likeness (QED) is 0.607. The van der Waals surface area contributed by atoms with E-state index < -0.39 is 6.10 Å². The minimum Gasteiger partial charge on any atom is -0.392 e. The van der Waals surface area contributed by atoms with E-state index in [9.17, 15) is 14.7 Å². The first-order valence-electron chi connectivity index (χ1n) is 13.0. The number of fused-ring (bicyclic) bond motifs is 1. The van der Waals surface area contributed by atoms with Gasteiger partial charge in [0.2, 0.25) is 5.91 Å². The van der Waals surface area contributed by atoms with Crippen LogP contribution >= 0.6 is 0 Å². The predicted octanol–water partition coefficient (Wildman–Crippen LogP) is 4.17. The van der Waals surface area contributed by atoms with Gasteiger partial charge in [-0.3, -0.25) is 9.59 Å². The van der Waals surface area contributed by atoms with Gasteiger partial charge in [-0.2, -0.15) is 5.26 Å². The molecule has 3 N–H and O–H groups in total. The number of nitriles is 1. The van der Waals surface area contributed by atoms with Crippen LogP contribution < -0.4 is 10.6 Å². The summed E-state index contributed by atoms with van der Waals surface area (Å²) in [6.07, 6.45) is 7.61. The summed E-state index contributed by atoms with van der Waals surface area (Å²) >= 11 is 0. The molecular formula is C28H39N3O3. The predicted molar refractivity (Wildman–Crippen MR) is 131 cm³/mol. The van der Waals surface area contributed by atoms with Crippen LogP contribution in [-0.4, -0.2) is 35.1 Å².